The van der Waals surface area contributed by atoms with E-state index in [1.807, 2.05) is 66.4 Å². The van der Waals surface area contributed by atoms with Crippen molar-refractivity contribution >= 4 is 28.4 Å². The minimum absolute atomic E-state index is 0.0468. The van der Waals surface area contributed by atoms with E-state index in [2.05, 4.69) is 64.2 Å². The SMILES string of the molecule is CCC(N)=NCCC[C@@H]1N[C@H](CNC(=O)c2ccc3ccccc3c2)CCN(CC(c2ccccc2)c2ccccc2)C1=O. The Morgan fingerprint density at radius 3 is 2.30 bits per heavy atom. The summed E-state index contributed by atoms with van der Waals surface area (Å²) in [5.74, 6) is 0.673. The van der Waals surface area contributed by atoms with Crippen LogP contribution in [0.2, 0.25) is 0 Å². The molecule has 7 heteroatoms. The number of carbonyl (C=O) groups is 2. The molecular weight excluding hydrogens is 546 g/mol. The average Bonchev–Trinajstić information content (AvgIpc) is 3.22. The first-order valence-electron chi connectivity index (χ1n) is 15.7. The number of benzene rings is 4. The van der Waals surface area contributed by atoms with Gasteiger partial charge in [0.05, 0.1) is 11.9 Å². The van der Waals surface area contributed by atoms with Crippen LogP contribution in [0.25, 0.3) is 10.8 Å². The van der Waals surface area contributed by atoms with Crippen LogP contribution in [0.5, 0.6) is 0 Å². The van der Waals surface area contributed by atoms with Crippen LogP contribution in [-0.4, -0.2) is 60.8 Å². The molecule has 1 saturated heterocycles. The van der Waals surface area contributed by atoms with Gasteiger partial charge in [0.2, 0.25) is 5.91 Å². The molecule has 44 heavy (non-hydrogen) atoms. The molecule has 0 bridgehead atoms. The number of fused-ring (bicyclic) bond motifs is 1. The van der Waals surface area contributed by atoms with Gasteiger partial charge in [-0.3, -0.25) is 14.6 Å². The molecule has 0 radical (unpaired) electrons. The molecule has 2 amide bonds. The number of nitrogens with one attached hydrogen (secondary N) is 2. The van der Waals surface area contributed by atoms with Crippen molar-refractivity contribution in [1.29, 1.82) is 0 Å². The molecule has 4 N–H and O–H groups in total. The van der Waals surface area contributed by atoms with E-state index in [-0.39, 0.29) is 29.8 Å². The van der Waals surface area contributed by atoms with E-state index in [1.54, 1.807) is 0 Å². The number of aliphatic imine (C=N–C) groups is 1. The van der Waals surface area contributed by atoms with Crippen LogP contribution in [0.3, 0.4) is 0 Å². The molecule has 1 heterocycles. The Morgan fingerprint density at radius 2 is 1.61 bits per heavy atom. The van der Waals surface area contributed by atoms with E-state index in [0.717, 1.165) is 23.6 Å². The average molecular weight is 590 g/mol. The van der Waals surface area contributed by atoms with Crippen molar-refractivity contribution in [3.63, 3.8) is 0 Å². The zero-order chi connectivity index (χ0) is 30.7. The van der Waals surface area contributed by atoms with Gasteiger partial charge in [0.1, 0.15) is 0 Å². The maximum Gasteiger partial charge on any atom is 0.251 e. The third-order valence-corrected chi connectivity index (χ3v) is 8.45. The fraction of sp³-hybridized carbons (Fsp3) is 0.324. The maximum atomic E-state index is 14.1. The number of hydrogen-bond acceptors (Lipinski definition) is 4. The quantitative estimate of drug-likeness (QED) is 0.115. The number of rotatable bonds is 12. The Bertz CT molecular complexity index is 1520. The molecule has 0 saturated carbocycles. The molecule has 4 aromatic carbocycles. The van der Waals surface area contributed by atoms with Crippen molar-refractivity contribution in [2.75, 3.05) is 26.2 Å². The lowest BCUT2D eigenvalue weighted by Crippen LogP contribution is -2.49. The minimum Gasteiger partial charge on any atom is -0.387 e. The summed E-state index contributed by atoms with van der Waals surface area (Å²) in [6, 6.07) is 34.2. The van der Waals surface area contributed by atoms with E-state index < -0.39 is 0 Å². The van der Waals surface area contributed by atoms with Crippen LogP contribution < -0.4 is 16.4 Å². The smallest absolute Gasteiger partial charge is 0.251 e. The summed E-state index contributed by atoms with van der Waals surface area (Å²) in [4.78, 5) is 33.7. The molecule has 0 aliphatic carbocycles. The summed E-state index contributed by atoms with van der Waals surface area (Å²) in [5.41, 5.74) is 8.92. The van der Waals surface area contributed by atoms with Gasteiger partial charge in [0.25, 0.3) is 5.91 Å². The maximum absolute atomic E-state index is 14.1. The van der Waals surface area contributed by atoms with Gasteiger partial charge >= 0.3 is 0 Å². The molecule has 2 atom stereocenters. The number of nitrogens with zero attached hydrogens (tertiary/aromatic N) is 2. The van der Waals surface area contributed by atoms with Crippen molar-refractivity contribution in [3.05, 3.63) is 120 Å². The van der Waals surface area contributed by atoms with E-state index in [0.29, 0.717) is 50.4 Å². The summed E-state index contributed by atoms with van der Waals surface area (Å²) in [6.07, 6.45) is 2.84. The lowest BCUT2D eigenvalue weighted by Gasteiger charge is -2.29. The van der Waals surface area contributed by atoms with Crippen molar-refractivity contribution < 1.29 is 9.59 Å². The Hall–Kier alpha value is -4.49. The zero-order valence-electron chi connectivity index (χ0n) is 25.5. The highest BCUT2D eigenvalue weighted by Crippen LogP contribution is 2.27. The lowest BCUT2D eigenvalue weighted by atomic mass is 9.90. The highest BCUT2D eigenvalue weighted by atomic mass is 16.2. The van der Waals surface area contributed by atoms with Crippen LogP contribution in [-0.2, 0) is 4.79 Å². The molecule has 1 aliphatic rings. The van der Waals surface area contributed by atoms with Gasteiger partial charge in [-0.05, 0) is 53.3 Å². The first kappa shape index (κ1) is 31.0. The number of hydrogen-bond donors (Lipinski definition) is 3. The molecule has 0 aromatic heterocycles. The summed E-state index contributed by atoms with van der Waals surface area (Å²) in [6.45, 7) is 4.20. The van der Waals surface area contributed by atoms with E-state index >= 15 is 0 Å². The van der Waals surface area contributed by atoms with Crippen LogP contribution in [0.1, 0.15) is 60.0 Å². The lowest BCUT2D eigenvalue weighted by molar-refractivity contribution is -0.133. The van der Waals surface area contributed by atoms with Crippen LogP contribution in [0.15, 0.2) is 108 Å². The Morgan fingerprint density at radius 1 is 0.955 bits per heavy atom. The third kappa shape index (κ3) is 8.11. The Kier molecular flexibility index (Phi) is 10.8. The molecule has 5 rings (SSSR count). The molecule has 1 aliphatic heterocycles. The van der Waals surface area contributed by atoms with Gasteiger partial charge in [-0.15, -0.1) is 0 Å². The number of nitrogens with two attached hydrogens (primary N) is 1. The second kappa shape index (κ2) is 15.3. The molecule has 1 fully saturated rings. The van der Waals surface area contributed by atoms with Crippen molar-refractivity contribution in [3.8, 4) is 0 Å². The predicted octanol–water partition coefficient (Wildman–Crippen LogP) is 5.51. The fourth-order valence-corrected chi connectivity index (χ4v) is 5.90. The number of amidine groups is 1. The van der Waals surface area contributed by atoms with Gasteiger partial charge in [-0.2, -0.15) is 0 Å². The van der Waals surface area contributed by atoms with Crippen LogP contribution in [0.4, 0.5) is 0 Å². The molecule has 7 nitrogen and oxygen atoms in total. The molecule has 0 spiro atoms. The Labute approximate surface area is 260 Å². The minimum atomic E-state index is -0.370. The number of carbonyl (C=O) groups excluding carboxylic acids is 2. The van der Waals surface area contributed by atoms with Crippen LogP contribution >= 0.6 is 0 Å². The van der Waals surface area contributed by atoms with Crippen molar-refractivity contribution in [2.24, 2.45) is 10.7 Å². The first-order chi connectivity index (χ1) is 21.5. The first-order valence-corrected chi connectivity index (χ1v) is 15.7. The van der Waals surface area contributed by atoms with E-state index in [1.165, 1.54) is 11.1 Å². The normalized spacial score (nSPS) is 17.5. The van der Waals surface area contributed by atoms with Gasteiger partial charge in [0.15, 0.2) is 0 Å². The third-order valence-electron chi connectivity index (χ3n) is 8.45. The molecule has 0 unspecified atom stereocenters. The number of amides is 2. The van der Waals surface area contributed by atoms with Crippen molar-refractivity contribution in [1.82, 2.24) is 15.5 Å². The van der Waals surface area contributed by atoms with E-state index in [4.69, 9.17) is 5.73 Å². The molecular formula is C37H43N5O2. The predicted molar refractivity (Wildman–Crippen MR) is 179 cm³/mol. The van der Waals surface area contributed by atoms with Gasteiger partial charge in [-0.1, -0.05) is 97.9 Å². The second-order valence-electron chi connectivity index (χ2n) is 11.5. The molecule has 4 aromatic rings. The highest BCUT2D eigenvalue weighted by molar-refractivity contribution is 5.98. The standard InChI is InChI=1S/C37H43N5O2/c1-2-35(38)39-22-11-18-34-37(44)42(26-33(28-13-5-3-6-14-28)29-15-7-4-8-16-29)23-21-32(41-34)25-40-36(43)31-20-19-27-12-9-10-17-30(27)24-31/h3-10,12-17,19-20,24,32-34,41H,2,11,18,21-23,25-26H2,1H3,(H2,38,39)(H,40,43)/t32-,34-/m0/s1. The van der Waals surface area contributed by atoms with Crippen LogP contribution in [0, 0.1) is 0 Å². The second-order valence-corrected chi connectivity index (χ2v) is 11.5. The summed E-state index contributed by atoms with van der Waals surface area (Å²) in [7, 11) is 0. The summed E-state index contributed by atoms with van der Waals surface area (Å²) < 4.78 is 0. The fourth-order valence-electron chi connectivity index (χ4n) is 5.90. The molecule has 228 valence electrons. The summed E-state index contributed by atoms with van der Waals surface area (Å²) >= 11 is 0. The van der Waals surface area contributed by atoms with Gasteiger partial charge in [-0.25, -0.2) is 0 Å². The topological polar surface area (TPSA) is 99.8 Å². The van der Waals surface area contributed by atoms with Gasteiger partial charge in [0, 0.05) is 50.1 Å². The Balaban J connectivity index is 1.31. The van der Waals surface area contributed by atoms with Gasteiger partial charge < -0.3 is 21.3 Å². The van der Waals surface area contributed by atoms with E-state index in [9.17, 15) is 9.59 Å². The highest BCUT2D eigenvalue weighted by Gasteiger charge is 2.32. The zero-order valence-corrected chi connectivity index (χ0v) is 25.5. The largest absolute Gasteiger partial charge is 0.387 e. The summed E-state index contributed by atoms with van der Waals surface area (Å²) in [5, 5.41) is 8.86. The van der Waals surface area contributed by atoms with Crippen molar-refractivity contribution in [2.45, 2.75) is 50.6 Å². The monoisotopic (exact) mass is 589 g/mol.